The molecule has 0 radical (unpaired) electrons. The van der Waals surface area contributed by atoms with E-state index in [-0.39, 0.29) is 0 Å². The summed E-state index contributed by atoms with van der Waals surface area (Å²) in [5, 5.41) is 2.52. The highest BCUT2D eigenvalue weighted by molar-refractivity contribution is 7.74. The Labute approximate surface area is 187 Å². The van der Waals surface area contributed by atoms with Gasteiger partial charge in [0.25, 0.3) is 0 Å². The van der Waals surface area contributed by atoms with Gasteiger partial charge in [-0.25, -0.2) is 9.19 Å². The lowest BCUT2D eigenvalue weighted by molar-refractivity contribution is -0.162. The lowest BCUT2D eigenvalue weighted by Crippen LogP contribution is -2.40. The molecule has 3 atom stereocenters. The summed E-state index contributed by atoms with van der Waals surface area (Å²) in [6, 6.07) is 6.69. The van der Waals surface area contributed by atoms with Gasteiger partial charge in [0.05, 0.1) is 16.4 Å². The summed E-state index contributed by atoms with van der Waals surface area (Å²) in [7, 11) is 0. The van der Waals surface area contributed by atoms with Gasteiger partial charge in [-0.1, -0.05) is 19.1 Å². The average molecular weight is 469 g/mol. The van der Waals surface area contributed by atoms with Crippen molar-refractivity contribution in [3.63, 3.8) is 0 Å². The molecule has 1 amide bonds. The molecule has 0 fully saturated rings. The fourth-order valence-corrected chi connectivity index (χ4v) is 4.10. The number of carbonyl (C=O) groups is 2. The minimum absolute atomic E-state index is 0.304. The van der Waals surface area contributed by atoms with Gasteiger partial charge in [-0.2, -0.15) is 4.28 Å². The molecule has 1 aromatic carbocycles. The number of anilines is 1. The second kappa shape index (κ2) is 10.8. The number of hydrogen-bond acceptors (Lipinski definition) is 9. The number of aromatic nitrogens is 1. The predicted octanol–water partition coefficient (Wildman–Crippen LogP) is 2.61. The van der Waals surface area contributed by atoms with E-state index in [2.05, 4.69) is 14.7 Å². The van der Waals surface area contributed by atoms with Gasteiger partial charge in [0, 0.05) is 11.3 Å². The van der Waals surface area contributed by atoms with E-state index in [4.69, 9.17) is 10.5 Å². The van der Waals surface area contributed by atoms with Crippen LogP contribution in [0.3, 0.4) is 0 Å². The molecular weight excluding hydrogens is 442 g/mol. The fraction of sp³-hybridized carbons (Fsp3) is 0.450. The van der Waals surface area contributed by atoms with Crippen molar-refractivity contribution in [1.82, 2.24) is 4.98 Å². The van der Waals surface area contributed by atoms with E-state index in [1.165, 1.54) is 11.3 Å². The molecule has 0 saturated heterocycles. The van der Waals surface area contributed by atoms with E-state index in [0.717, 1.165) is 17.7 Å². The first-order chi connectivity index (χ1) is 14.5. The fourth-order valence-electron chi connectivity index (χ4n) is 2.89. The van der Waals surface area contributed by atoms with Crippen molar-refractivity contribution in [1.29, 1.82) is 0 Å². The van der Waals surface area contributed by atoms with E-state index < -0.39 is 40.7 Å². The number of aryl methyl sites for hydroxylation is 1. The van der Waals surface area contributed by atoms with Crippen LogP contribution >= 0.6 is 11.3 Å². The number of esters is 1. The first-order valence-corrected chi connectivity index (χ1v) is 11.5. The molecular formula is C20H26N3O6S2-. The molecule has 0 aliphatic carbocycles. The van der Waals surface area contributed by atoms with Gasteiger partial charge in [0.15, 0.2) is 0 Å². The Morgan fingerprint density at radius 3 is 2.42 bits per heavy atom. The minimum atomic E-state index is -2.70. The van der Waals surface area contributed by atoms with Crippen LogP contribution < -0.4 is 11.2 Å². The van der Waals surface area contributed by atoms with Crippen molar-refractivity contribution >= 4 is 40.3 Å². The summed E-state index contributed by atoms with van der Waals surface area (Å²) in [6.07, 6.45) is 1.02. The van der Waals surface area contributed by atoms with Crippen molar-refractivity contribution in [2.75, 3.05) is 5.48 Å². The van der Waals surface area contributed by atoms with Crippen LogP contribution in [0.1, 0.15) is 49.9 Å². The Hall–Kier alpha value is -2.34. The van der Waals surface area contributed by atoms with Crippen LogP contribution in [0.4, 0.5) is 5.69 Å². The Balaban J connectivity index is 2.34. The summed E-state index contributed by atoms with van der Waals surface area (Å²) in [5.41, 5.74) is 9.21. The van der Waals surface area contributed by atoms with Gasteiger partial charge in [0.1, 0.15) is 22.9 Å². The van der Waals surface area contributed by atoms with Crippen molar-refractivity contribution in [2.24, 2.45) is 11.7 Å². The summed E-state index contributed by atoms with van der Waals surface area (Å²) >= 11 is -1.33. The van der Waals surface area contributed by atoms with Crippen molar-refractivity contribution in [3.05, 3.63) is 45.9 Å². The van der Waals surface area contributed by atoms with Gasteiger partial charge < -0.3 is 15.0 Å². The van der Waals surface area contributed by atoms with Crippen LogP contribution in [0.25, 0.3) is 0 Å². The largest absolute Gasteiger partial charge is 0.748 e. The van der Waals surface area contributed by atoms with Gasteiger partial charge in [-0.3, -0.25) is 15.1 Å². The van der Waals surface area contributed by atoms with E-state index in [1.807, 2.05) is 12.3 Å². The lowest BCUT2D eigenvalue weighted by Gasteiger charge is -2.26. The molecule has 1 aromatic heterocycles. The van der Waals surface area contributed by atoms with Crippen LogP contribution in [0.2, 0.25) is 0 Å². The third-order valence-corrected chi connectivity index (χ3v) is 5.50. The highest BCUT2D eigenvalue weighted by atomic mass is 32.2. The Morgan fingerprint density at radius 2 is 1.94 bits per heavy atom. The molecule has 3 N–H and O–H groups in total. The molecule has 170 valence electrons. The molecule has 1 unspecified atom stereocenters. The summed E-state index contributed by atoms with van der Waals surface area (Å²) < 4.78 is 30.8. The maximum atomic E-state index is 12.9. The van der Waals surface area contributed by atoms with Crippen molar-refractivity contribution < 1.29 is 27.4 Å². The molecule has 9 nitrogen and oxygen atoms in total. The highest BCUT2D eigenvalue weighted by Gasteiger charge is 2.39. The summed E-state index contributed by atoms with van der Waals surface area (Å²) in [5.74, 6) is -3.29. The molecule has 0 bridgehead atoms. The average Bonchev–Trinajstić information content (AvgIpc) is 3.14. The topological polar surface area (TPSA) is 144 Å². The zero-order chi connectivity index (χ0) is 23.2. The first kappa shape index (κ1) is 24.9. The number of hydrogen-bond donors (Lipinski definition) is 2. The second-order valence-electron chi connectivity index (χ2n) is 7.84. The van der Waals surface area contributed by atoms with Crippen LogP contribution in [0.5, 0.6) is 0 Å². The molecule has 0 aliphatic heterocycles. The molecule has 2 aromatic rings. The van der Waals surface area contributed by atoms with Crippen molar-refractivity contribution in [2.45, 2.75) is 52.1 Å². The number of carbonyl (C=O) groups excluding carboxylic acids is 2. The number of nitrogens with zero attached hydrogens (tertiary/aromatic N) is 1. The van der Waals surface area contributed by atoms with Gasteiger partial charge in [0.2, 0.25) is 5.91 Å². The maximum Gasteiger partial charge on any atom is 0.319 e. The zero-order valence-electron chi connectivity index (χ0n) is 17.7. The molecule has 0 saturated carbocycles. The lowest BCUT2D eigenvalue weighted by atomic mass is 9.86. The quantitative estimate of drug-likeness (QED) is 0.234. The van der Waals surface area contributed by atoms with E-state index in [1.54, 1.807) is 45.0 Å². The molecule has 0 aliphatic rings. The number of primary amides is 1. The molecule has 2 rings (SSSR count). The Kier molecular flexibility index (Phi) is 8.69. The van der Waals surface area contributed by atoms with Crippen molar-refractivity contribution in [3.8, 4) is 0 Å². The Bertz CT molecular complexity index is 924. The van der Waals surface area contributed by atoms with Crippen LogP contribution in [0.15, 0.2) is 29.6 Å². The normalized spacial score (nSPS) is 14.5. The number of thiazole rings is 1. The maximum absolute atomic E-state index is 12.9. The molecule has 11 heteroatoms. The molecule has 0 spiro atoms. The smallest absolute Gasteiger partial charge is 0.319 e. The SMILES string of the molecule is CCc1csc([C@@H](Cc2ccc(NOS(=O)[O-])cc2)[C@@H](C(N)=O)C(=O)OC(C)(C)C)n1. The van der Waals surface area contributed by atoms with Crippen LogP contribution in [-0.4, -0.2) is 31.2 Å². The van der Waals surface area contributed by atoms with Crippen LogP contribution in [-0.2, 0) is 42.8 Å². The summed E-state index contributed by atoms with van der Waals surface area (Å²) in [4.78, 5) is 29.8. The monoisotopic (exact) mass is 468 g/mol. The summed E-state index contributed by atoms with van der Waals surface area (Å²) in [6.45, 7) is 7.13. The minimum Gasteiger partial charge on any atom is -0.748 e. The molecule has 31 heavy (non-hydrogen) atoms. The number of nitrogens with two attached hydrogens (primary N) is 1. The van der Waals surface area contributed by atoms with E-state index >= 15 is 0 Å². The third-order valence-electron chi connectivity index (χ3n) is 4.26. The standard InChI is InChI=1S/C20H27N3O6S2/c1-5-13-11-30-18(22-13)15(16(17(21)24)19(25)28-20(2,3)4)10-12-6-8-14(9-7-12)23-29-31(26)27/h6-9,11,15-16,23H,5,10H2,1-4H3,(H2,21,24)(H,26,27)/p-1/t15-,16-/m0/s1. The van der Waals surface area contributed by atoms with Crippen LogP contribution in [0, 0.1) is 5.92 Å². The predicted molar refractivity (Wildman–Crippen MR) is 117 cm³/mol. The second-order valence-corrected chi connectivity index (χ2v) is 9.31. The van der Waals surface area contributed by atoms with E-state index in [9.17, 15) is 18.4 Å². The van der Waals surface area contributed by atoms with Gasteiger partial charge in [-0.05, 0) is 51.3 Å². The van der Waals surface area contributed by atoms with Gasteiger partial charge in [-0.15, -0.1) is 11.3 Å². The highest BCUT2D eigenvalue weighted by Crippen LogP contribution is 2.33. The number of amides is 1. The number of benzene rings is 1. The Morgan fingerprint density at radius 1 is 1.29 bits per heavy atom. The number of nitrogens with one attached hydrogen (secondary N) is 1. The molecule has 1 heterocycles. The zero-order valence-corrected chi connectivity index (χ0v) is 19.4. The third kappa shape index (κ3) is 7.69. The number of ether oxygens (including phenoxy) is 1. The van der Waals surface area contributed by atoms with Gasteiger partial charge >= 0.3 is 5.97 Å². The first-order valence-electron chi connectivity index (χ1n) is 9.58. The number of rotatable bonds is 10. The van der Waals surface area contributed by atoms with E-state index in [0.29, 0.717) is 17.1 Å².